The van der Waals surface area contributed by atoms with E-state index in [2.05, 4.69) is 54.1 Å². The number of rotatable bonds is 4. The van der Waals surface area contributed by atoms with Gasteiger partial charge < -0.3 is 4.74 Å². The molecule has 4 rings (SSSR count). The van der Waals surface area contributed by atoms with Crippen molar-refractivity contribution in [3.05, 3.63) is 90.6 Å². The molecule has 0 unspecified atom stereocenters. The molecule has 1 heterocycles. The first-order valence-corrected chi connectivity index (χ1v) is 8.61. The standard InChI is InChI=1S/C23H20N2O/c1-17-8-12-20(13-9-17)25-16-22(18-10-14-21(26-2)15-11-18)24-23(25)19-6-4-3-5-7-19/h3-16H,1-2H3. The van der Waals surface area contributed by atoms with E-state index in [1.807, 2.05) is 42.5 Å². The number of benzene rings is 3. The minimum absolute atomic E-state index is 0.843. The first-order valence-electron chi connectivity index (χ1n) is 8.61. The molecule has 1 aromatic heterocycles. The molecule has 0 saturated heterocycles. The van der Waals surface area contributed by atoms with Gasteiger partial charge in [0, 0.05) is 23.0 Å². The molecule has 0 radical (unpaired) electrons. The molecule has 0 spiro atoms. The zero-order chi connectivity index (χ0) is 17.9. The second-order valence-electron chi connectivity index (χ2n) is 6.25. The van der Waals surface area contributed by atoms with Crippen molar-refractivity contribution in [1.29, 1.82) is 0 Å². The van der Waals surface area contributed by atoms with Crippen molar-refractivity contribution in [3.8, 4) is 34.1 Å². The fraction of sp³-hybridized carbons (Fsp3) is 0.0870. The van der Waals surface area contributed by atoms with Crippen molar-refractivity contribution in [3.63, 3.8) is 0 Å². The summed E-state index contributed by atoms with van der Waals surface area (Å²) in [6.45, 7) is 2.10. The Morgan fingerprint density at radius 3 is 2.12 bits per heavy atom. The minimum atomic E-state index is 0.843. The monoisotopic (exact) mass is 340 g/mol. The molecular formula is C23H20N2O. The largest absolute Gasteiger partial charge is 0.497 e. The van der Waals surface area contributed by atoms with Crippen molar-refractivity contribution in [1.82, 2.24) is 9.55 Å². The second-order valence-corrected chi connectivity index (χ2v) is 6.25. The summed E-state index contributed by atoms with van der Waals surface area (Å²) in [5.74, 6) is 1.77. The third kappa shape index (κ3) is 3.11. The highest BCUT2D eigenvalue weighted by atomic mass is 16.5. The van der Waals surface area contributed by atoms with Crippen LogP contribution in [0, 0.1) is 6.92 Å². The quantitative estimate of drug-likeness (QED) is 0.489. The Labute approximate surface area is 153 Å². The smallest absolute Gasteiger partial charge is 0.145 e. The Kier molecular flexibility index (Phi) is 4.28. The van der Waals surface area contributed by atoms with Crippen molar-refractivity contribution in [2.24, 2.45) is 0 Å². The predicted molar refractivity (Wildman–Crippen MR) is 106 cm³/mol. The Balaban J connectivity index is 1.85. The Hall–Kier alpha value is -3.33. The number of hydrogen-bond acceptors (Lipinski definition) is 2. The molecule has 0 saturated carbocycles. The summed E-state index contributed by atoms with van der Waals surface area (Å²) in [5.41, 5.74) is 5.43. The third-order valence-electron chi connectivity index (χ3n) is 4.44. The van der Waals surface area contributed by atoms with Gasteiger partial charge in [-0.05, 0) is 43.3 Å². The molecule has 4 aromatic rings. The van der Waals surface area contributed by atoms with Gasteiger partial charge >= 0.3 is 0 Å². The second kappa shape index (κ2) is 6.89. The van der Waals surface area contributed by atoms with Gasteiger partial charge in [-0.2, -0.15) is 0 Å². The van der Waals surface area contributed by atoms with Gasteiger partial charge in [0.1, 0.15) is 11.6 Å². The van der Waals surface area contributed by atoms with E-state index in [4.69, 9.17) is 9.72 Å². The van der Waals surface area contributed by atoms with Crippen LogP contribution in [0.2, 0.25) is 0 Å². The molecule has 0 aliphatic heterocycles. The van der Waals surface area contributed by atoms with E-state index in [0.29, 0.717) is 0 Å². The van der Waals surface area contributed by atoms with Gasteiger partial charge in [0.25, 0.3) is 0 Å². The number of nitrogens with zero attached hydrogens (tertiary/aromatic N) is 2. The average molecular weight is 340 g/mol. The molecule has 0 fully saturated rings. The van der Waals surface area contributed by atoms with Crippen LogP contribution in [0.5, 0.6) is 5.75 Å². The van der Waals surface area contributed by atoms with Crippen molar-refractivity contribution in [2.45, 2.75) is 6.92 Å². The molecule has 0 aliphatic rings. The lowest BCUT2D eigenvalue weighted by molar-refractivity contribution is 0.415. The van der Waals surface area contributed by atoms with E-state index < -0.39 is 0 Å². The molecule has 0 N–H and O–H groups in total. The molecule has 0 bridgehead atoms. The summed E-state index contributed by atoms with van der Waals surface area (Å²) in [7, 11) is 1.68. The molecule has 3 heteroatoms. The lowest BCUT2D eigenvalue weighted by atomic mass is 10.1. The predicted octanol–water partition coefficient (Wildman–Crippen LogP) is 5.52. The maximum atomic E-state index is 5.26. The summed E-state index contributed by atoms with van der Waals surface area (Å²) < 4.78 is 7.41. The highest BCUT2D eigenvalue weighted by Crippen LogP contribution is 2.28. The van der Waals surface area contributed by atoms with Gasteiger partial charge in [-0.25, -0.2) is 4.98 Å². The average Bonchev–Trinajstić information content (AvgIpc) is 3.15. The van der Waals surface area contributed by atoms with Crippen LogP contribution >= 0.6 is 0 Å². The van der Waals surface area contributed by atoms with Crippen molar-refractivity contribution >= 4 is 0 Å². The van der Waals surface area contributed by atoms with Crippen LogP contribution < -0.4 is 4.74 Å². The van der Waals surface area contributed by atoms with Gasteiger partial charge in [0.2, 0.25) is 0 Å². The van der Waals surface area contributed by atoms with E-state index in [-0.39, 0.29) is 0 Å². The van der Waals surface area contributed by atoms with Gasteiger partial charge in [0.15, 0.2) is 0 Å². The van der Waals surface area contributed by atoms with Crippen molar-refractivity contribution in [2.75, 3.05) is 7.11 Å². The molecule has 0 atom stereocenters. The van der Waals surface area contributed by atoms with E-state index in [1.165, 1.54) is 5.56 Å². The lowest BCUT2D eigenvalue weighted by Gasteiger charge is -2.08. The first kappa shape index (κ1) is 16.2. The third-order valence-corrected chi connectivity index (χ3v) is 4.44. The molecular weight excluding hydrogens is 320 g/mol. The van der Waals surface area contributed by atoms with Crippen LogP contribution in [0.15, 0.2) is 85.1 Å². The molecule has 128 valence electrons. The number of imidazole rings is 1. The van der Waals surface area contributed by atoms with Crippen LogP contribution in [0.3, 0.4) is 0 Å². The zero-order valence-corrected chi connectivity index (χ0v) is 14.9. The van der Waals surface area contributed by atoms with Crippen molar-refractivity contribution < 1.29 is 4.74 Å². The number of ether oxygens (including phenoxy) is 1. The van der Waals surface area contributed by atoms with E-state index in [9.17, 15) is 0 Å². The van der Waals surface area contributed by atoms with Gasteiger partial charge in [0.05, 0.1) is 12.8 Å². The maximum absolute atomic E-state index is 5.26. The fourth-order valence-corrected chi connectivity index (χ4v) is 2.97. The van der Waals surface area contributed by atoms with Crippen LogP contribution in [-0.2, 0) is 0 Å². The highest BCUT2D eigenvalue weighted by Gasteiger charge is 2.13. The van der Waals surface area contributed by atoms with E-state index >= 15 is 0 Å². The zero-order valence-electron chi connectivity index (χ0n) is 14.9. The van der Waals surface area contributed by atoms with E-state index in [0.717, 1.165) is 34.1 Å². The number of aryl methyl sites for hydroxylation is 1. The van der Waals surface area contributed by atoms with Gasteiger partial charge in [-0.15, -0.1) is 0 Å². The Bertz CT molecular complexity index is 1000. The number of aromatic nitrogens is 2. The van der Waals surface area contributed by atoms with Crippen LogP contribution in [0.25, 0.3) is 28.3 Å². The number of methoxy groups -OCH3 is 1. The van der Waals surface area contributed by atoms with Gasteiger partial charge in [-0.1, -0.05) is 48.0 Å². The first-order chi connectivity index (χ1) is 12.7. The summed E-state index contributed by atoms with van der Waals surface area (Å²) in [6.07, 6.45) is 2.09. The molecule has 0 amide bonds. The fourth-order valence-electron chi connectivity index (χ4n) is 2.97. The topological polar surface area (TPSA) is 27.1 Å². The van der Waals surface area contributed by atoms with Crippen LogP contribution in [0.4, 0.5) is 0 Å². The van der Waals surface area contributed by atoms with E-state index in [1.54, 1.807) is 7.11 Å². The van der Waals surface area contributed by atoms with Gasteiger partial charge in [-0.3, -0.25) is 4.57 Å². The molecule has 3 aromatic carbocycles. The Morgan fingerprint density at radius 1 is 0.769 bits per heavy atom. The molecule has 3 nitrogen and oxygen atoms in total. The normalized spacial score (nSPS) is 10.7. The molecule has 0 aliphatic carbocycles. The summed E-state index contributed by atoms with van der Waals surface area (Å²) in [6, 6.07) is 26.8. The van der Waals surface area contributed by atoms with Crippen LogP contribution in [-0.4, -0.2) is 16.7 Å². The van der Waals surface area contributed by atoms with Crippen LogP contribution in [0.1, 0.15) is 5.56 Å². The number of hydrogen-bond donors (Lipinski definition) is 0. The SMILES string of the molecule is COc1ccc(-c2cn(-c3ccc(C)cc3)c(-c3ccccc3)n2)cc1. The lowest BCUT2D eigenvalue weighted by Crippen LogP contribution is -1.95. The summed E-state index contributed by atoms with van der Waals surface area (Å²) in [5, 5.41) is 0. The maximum Gasteiger partial charge on any atom is 0.145 e. The summed E-state index contributed by atoms with van der Waals surface area (Å²) in [4.78, 5) is 4.93. The highest BCUT2D eigenvalue weighted by molar-refractivity contribution is 5.67. The Morgan fingerprint density at radius 2 is 1.46 bits per heavy atom. The molecule has 26 heavy (non-hydrogen) atoms. The minimum Gasteiger partial charge on any atom is -0.497 e. The summed E-state index contributed by atoms with van der Waals surface area (Å²) >= 11 is 0.